The van der Waals surface area contributed by atoms with E-state index in [4.69, 9.17) is 17.0 Å². The summed E-state index contributed by atoms with van der Waals surface area (Å²) >= 11 is 5.53. The van der Waals surface area contributed by atoms with Crippen molar-refractivity contribution in [3.05, 3.63) is 35.9 Å². The van der Waals surface area contributed by atoms with Crippen molar-refractivity contribution < 1.29 is 14.3 Å². The minimum atomic E-state index is -0.366. The third-order valence-corrected chi connectivity index (χ3v) is 4.06. The Balaban J connectivity index is 2.98. The van der Waals surface area contributed by atoms with E-state index in [0.29, 0.717) is 18.1 Å². The second kappa shape index (κ2) is 9.51. The Bertz CT molecular complexity index is 596. The number of benzene rings is 1. The van der Waals surface area contributed by atoms with E-state index >= 15 is 0 Å². The summed E-state index contributed by atoms with van der Waals surface area (Å²) < 4.78 is 4.92. The average molecular weight is 365 g/mol. The quantitative estimate of drug-likeness (QED) is 0.595. The van der Waals surface area contributed by atoms with E-state index in [-0.39, 0.29) is 29.9 Å². The SMILES string of the molecule is CCOC(=O)CNC(=S)C(N(Cc1ccccc1)C(C)=O)C(C)(C)C. The molecule has 0 spiro atoms. The summed E-state index contributed by atoms with van der Waals surface area (Å²) in [7, 11) is 0. The van der Waals surface area contributed by atoms with E-state index in [1.165, 1.54) is 6.92 Å². The van der Waals surface area contributed by atoms with Crippen molar-refractivity contribution in [3.63, 3.8) is 0 Å². The van der Waals surface area contributed by atoms with Gasteiger partial charge in [-0.2, -0.15) is 0 Å². The van der Waals surface area contributed by atoms with Gasteiger partial charge in [-0.15, -0.1) is 0 Å². The van der Waals surface area contributed by atoms with Crippen molar-refractivity contribution in [2.24, 2.45) is 5.41 Å². The fourth-order valence-electron chi connectivity index (χ4n) is 2.63. The third kappa shape index (κ3) is 6.82. The van der Waals surface area contributed by atoms with Crippen LogP contribution < -0.4 is 5.32 Å². The number of nitrogens with zero attached hydrogens (tertiary/aromatic N) is 1. The van der Waals surface area contributed by atoms with E-state index < -0.39 is 0 Å². The smallest absolute Gasteiger partial charge is 0.325 e. The van der Waals surface area contributed by atoms with Gasteiger partial charge in [0.2, 0.25) is 5.91 Å². The Kier molecular flexibility index (Phi) is 8.03. The molecule has 0 bridgehead atoms. The maximum atomic E-state index is 12.3. The van der Waals surface area contributed by atoms with Gasteiger partial charge < -0.3 is 15.0 Å². The largest absolute Gasteiger partial charge is 0.465 e. The molecule has 1 aromatic rings. The zero-order valence-electron chi connectivity index (χ0n) is 15.7. The average Bonchev–Trinajstić information content (AvgIpc) is 2.52. The number of ether oxygens (including phenoxy) is 1. The summed E-state index contributed by atoms with van der Waals surface area (Å²) in [6.07, 6.45) is 0. The number of esters is 1. The minimum absolute atomic E-state index is 0.00364. The van der Waals surface area contributed by atoms with Crippen molar-refractivity contribution in [3.8, 4) is 0 Å². The van der Waals surface area contributed by atoms with Crippen LogP contribution in [-0.2, 0) is 20.9 Å². The molecule has 6 heteroatoms. The zero-order chi connectivity index (χ0) is 19.0. The first-order valence-electron chi connectivity index (χ1n) is 8.41. The van der Waals surface area contributed by atoms with E-state index in [2.05, 4.69) is 5.32 Å². The lowest BCUT2D eigenvalue weighted by atomic mass is 9.85. The Morgan fingerprint density at radius 1 is 1.24 bits per heavy atom. The summed E-state index contributed by atoms with van der Waals surface area (Å²) in [6.45, 7) is 10.1. The number of carbonyl (C=O) groups is 2. The number of nitrogens with one attached hydrogen (secondary N) is 1. The van der Waals surface area contributed by atoms with Crippen molar-refractivity contribution >= 4 is 29.1 Å². The molecule has 0 fully saturated rings. The van der Waals surface area contributed by atoms with Crippen LogP contribution in [0.25, 0.3) is 0 Å². The van der Waals surface area contributed by atoms with E-state index in [1.807, 2.05) is 51.1 Å². The second-order valence-electron chi connectivity index (χ2n) is 6.92. The third-order valence-electron chi connectivity index (χ3n) is 3.69. The first-order chi connectivity index (χ1) is 11.7. The number of thiocarbonyl (C=S) groups is 1. The van der Waals surface area contributed by atoms with Crippen molar-refractivity contribution in [2.75, 3.05) is 13.2 Å². The molecule has 0 saturated carbocycles. The van der Waals surface area contributed by atoms with Crippen LogP contribution in [0.15, 0.2) is 30.3 Å². The van der Waals surface area contributed by atoms with Crippen LogP contribution in [0.2, 0.25) is 0 Å². The molecule has 1 unspecified atom stereocenters. The molecule has 0 radical (unpaired) electrons. The maximum Gasteiger partial charge on any atom is 0.325 e. The lowest BCUT2D eigenvalue weighted by molar-refractivity contribution is -0.141. The molecule has 0 aliphatic carbocycles. The monoisotopic (exact) mass is 364 g/mol. The fourth-order valence-corrected chi connectivity index (χ4v) is 3.19. The highest BCUT2D eigenvalue weighted by molar-refractivity contribution is 7.80. The minimum Gasteiger partial charge on any atom is -0.465 e. The molecule has 1 rings (SSSR count). The van der Waals surface area contributed by atoms with Crippen LogP contribution in [-0.4, -0.2) is 41.0 Å². The summed E-state index contributed by atoms with van der Waals surface area (Å²) in [5.41, 5.74) is 0.735. The van der Waals surface area contributed by atoms with Crippen LogP contribution in [0.5, 0.6) is 0 Å². The fraction of sp³-hybridized carbons (Fsp3) is 0.526. The Morgan fingerprint density at radius 2 is 1.84 bits per heavy atom. The molecule has 0 aromatic heterocycles. The molecule has 0 aliphatic heterocycles. The van der Waals surface area contributed by atoms with Crippen molar-refractivity contribution in [2.45, 2.75) is 47.2 Å². The van der Waals surface area contributed by atoms with Gasteiger partial charge in [-0.1, -0.05) is 63.3 Å². The molecule has 1 atom stereocenters. The predicted octanol–water partition coefficient (Wildman–Crippen LogP) is 2.93. The molecule has 1 amide bonds. The normalized spacial score (nSPS) is 12.2. The predicted molar refractivity (Wildman–Crippen MR) is 103 cm³/mol. The first kappa shape index (κ1) is 21.1. The summed E-state index contributed by atoms with van der Waals surface area (Å²) in [5, 5.41) is 2.96. The molecule has 1 N–H and O–H groups in total. The Morgan fingerprint density at radius 3 is 2.32 bits per heavy atom. The molecular weight excluding hydrogens is 336 g/mol. The number of hydrogen-bond acceptors (Lipinski definition) is 4. The Labute approximate surface area is 155 Å². The second-order valence-corrected chi connectivity index (χ2v) is 7.36. The molecule has 1 aromatic carbocycles. The summed E-state index contributed by atoms with van der Waals surface area (Å²) in [6, 6.07) is 9.44. The van der Waals surface area contributed by atoms with E-state index in [1.54, 1.807) is 11.8 Å². The number of rotatable bonds is 7. The topological polar surface area (TPSA) is 58.6 Å². The van der Waals surface area contributed by atoms with Crippen LogP contribution >= 0.6 is 12.2 Å². The van der Waals surface area contributed by atoms with Crippen molar-refractivity contribution in [1.29, 1.82) is 0 Å². The first-order valence-corrected chi connectivity index (χ1v) is 8.82. The van der Waals surface area contributed by atoms with Gasteiger partial charge in [-0.25, -0.2) is 0 Å². The van der Waals surface area contributed by atoms with Gasteiger partial charge in [-0.3, -0.25) is 9.59 Å². The molecule has 0 heterocycles. The summed E-state index contributed by atoms with van der Waals surface area (Å²) in [4.78, 5) is 26.1. The molecular formula is C19H28N2O3S. The zero-order valence-corrected chi connectivity index (χ0v) is 16.5. The number of amides is 1. The van der Waals surface area contributed by atoms with Gasteiger partial charge in [0, 0.05) is 13.5 Å². The highest BCUT2D eigenvalue weighted by Crippen LogP contribution is 2.27. The van der Waals surface area contributed by atoms with Crippen molar-refractivity contribution in [1.82, 2.24) is 10.2 Å². The van der Waals surface area contributed by atoms with Gasteiger partial charge in [0.05, 0.1) is 17.6 Å². The molecule has 0 saturated heterocycles. The lowest BCUT2D eigenvalue weighted by Gasteiger charge is -2.40. The van der Waals surface area contributed by atoms with Crippen LogP contribution in [0.3, 0.4) is 0 Å². The standard InChI is InChI=1S/C19H28N2O3S/c1-6-24-16(23)12-20-18(25)17(19(3,4)5)21(14(2)22)13-15-10-8-7-9-11-15/h7-11,17H,6,12-13H2,1-5H3,(H,20,25). The maximum absolute atomic E-state index is 12.3. The van der Waals surface area contributed by atoms with E-state index in [0.717, 1.165) is 5.56 Å². The van der Waals surface area contributed by atoms with Gasteiger partial charge in [0.1, 0.15) is 6.54 Å². The lowest BCUT2D eigenvalue weighted by Crippen LogP contribution is -2.54. The van der Waals surface area contributed by atoms with Crippen LogP contribution in [0.4, 0.5) is 0 Å². The van der Waals surface area contributed by atoms with Gasteiger partial charge >= 0.3 is 5.97 Å². The molecule has 5 nitrogen and oxygen atoms in total. The highest BCUT2D eigenvalue weighted by atomic mass is 32.1. The molecule has 138 valence electrons. The van der Waals surface area contributed by atoms with Gasteiger partial charge in [0.15, 0.2) is 0 Å². The van der Waals surface area contributed by atoms with Gasteiger partial charge in [-0.05, 0) is 17.9 Å². The van der Waals surface area contributed by atoms with Crippen LogP contribution in [0, 0.1) is 5.41 Å². The molecule has 25 heavy (non-hydrogen) atoms. The Hall–Kier alpha value is -1.95. The number of carbonyl (C=O) groups excluding carboxylic acids is 2. The van der Waals surface area contributed by atoms with Crippen LogP contribution in [0.1, 0.15) is 40.2 Å². The highest BCUT2D eigenvalue weighted by Gasteiger charge is 2.35. The van der Waals surface area contributed by atoms with E-state index in [9.17, 15) is 9.59 Å². The summed E-state index contributed by atoms with van der Waals surface area (Å²) in [5.74, 6) is -0.431. The van der Waals surface area contributed by atoms with Gasteiger partial charge in [0.25, 0.3) is 0 Å². The molecule has 0 aliphatic rings. The number of hydrogen-bond donors (Lipinski definition) is 1.